The third kappa shape index (κ3) is 4.30. The molecule has 1 aromatic heterocycles. The molecular weight excluding hydrogens is 220 g/mol. The molecule has 2 N–H and O–H groups in total. The van der Waals surface area contributed by atoms with Crippen LogP contribution < -0.4 is 4.90 Å². The summed E-state index contributed by atoms with van der Waals surface area (Å²) in [6.07, 6.45) is 0.586. The van der Waals surface area contributed by atoms with E-state index < -0.39 is 12.2 Å². The zero-order valence-corrected chi connectivity index (χ0v) is 10.5. The lowest BCUT2D eigenvalue weighted by Gasteiger charge is -2.21. The highest BCUT2D eigenvalue weighted by atomic mass is 16.5. The van der Waals surface area contributed by atoms with Crippen molar-refractivity contribution in [2.24, 2.45) is 0 Å². The molecule has 17 heavy (non-hydrogen) atoms. The van der Waals surface area contributed by atoms with Crippen LogP contribution in [-0.4, -0.2) is 48.6 Å². The van der Waals surface area contributed by atoms with Crippen molar-refractivity contribution in [1.29, 1.82) is 0 Å². The van der Waals surface area contributed by atoms with Crippen molar-refractivity contribution in [1.82, 2.24) is 4.98 Å². The fourth-order valence-corrected chi connectivity index (χ4v) is 1.53. The molecule has 0 saturated carbocycles. The number of anilines is 1. The lowest BCUT2D eigenvalue weighted by Crippen LogP contribution is -2.32. The summed E-state index contributed by atoms with van der Waals surface area (Å²) < 4.78 is 4.86. The molecule has 0 bridgehead atoms. The number of ether oxygens (including phenoxy) is 1. The van der Waals surface area contributed by atoms with Gasteiger partial charge in [-0.2, -0.15) is 0 Å². The summed E-state index contributed by atoms with van der Waals surface area (Å²) in [6.45, 7) is 2.45. The first-order chi connectivity index (χ1) is 8.04. The average Bonchev–Trinajstić information content (AvgIpc) is 2.29. The number of likely N-dealkylation sites (N-methyl/N-ethyl adjacent to an activating group) is 1. The van der Waals surface area contributed by atoms with E-state index in [4.69, 9.17) is 4.74 Å². The van der Waals surface area contributed by atoms with Gasteiger partial charge in [0.05, 0.1) is 18.8 Å². The SMILES string of the molecule is COCC(O)CN(C)c1ccc([C@H](C)O)cn1. The number of aliphatic hydroxyl groups excluding tert-OH is 2. The minimum Gasteiger partial charge on any atom is -0.389 e. The number of hydrogen-bond donors (Lipinski definition) is 2. The van der Waals surface area contributed by atoms with Gasteiger partial charge in [-0.1, -0.05) is 6.07 Å². The van der Waals surface area contributed by atoms with Crippen LogP contribution in [0.2, 0.25) is 0 Å². The van der Waals surface area contributed by atoms with Gasteiger partial charge in [-0.15, -0.1) is 0 Å². The van der Waals surface area contributed by atoms with Crippen molar-refractivity contribution in [2.75, 3.05) is 32.2 Å². The second kappa shape index (κ2) is 6.54. The quantitative estimate of drug-likeness (QED) is 0.761. The summed E-state index contributed by atoms with van der Waals surface area (Å²) >= 11 is 0. The monoisotopic (exact) mass is 240 g/mol. The molecule has 0 aliphatic rings. The lowest BCUT2D eigenvalue weighted by atomic mass is 10.2. The summed E-state index contributed by atoms with van der Waals surface area (Å²) in [4.78, 5) is 6.07. The Labute approximate surface area is 102 Å². The maximum atomic E-state index is 9.59. The maximum Gasteiger partial charge on any atom is 0.128 e. The van der Waals surface area contributed by atoms with E-state index in [1.54, 1.807) is 20.2 Å². The van der Waals surface area contributed by atoms with Gasteiger partial charge >= 0.3 is 0 Å². The van der Waals surface area contributed by atoms with E-state index >= 15 is 0 Å². The molecule has 0 aliphatic carbocycles. The maximum absolute atomic E-state index is 9.59. The molecule has 2 atom stereocenters. The Morgan fingerprint density at radius 2 is 2.12 bits per heavy atom. The Bertz CT molecular complexity index is 327. The molecule has 5 heteroatoms. The minimum atomic E-state index is -0.539. The van der Waals surface area contributed by atoms with E-state index in [1.807, 2.05) is 24.1 Å². The van der Waals surface area contributed by atoms with Crippen molar-refractivity contribution < 1.29 is 14.9 Å². The van der Waals surface area contributed by atoms with Gasteiger partial charge in [0.2, 0.25) is 0 Å². The van der Waals surface area contributed by atoms with Crippen LogP contribution >= 0.6 is 0 Å². The first kappa shape index (κ1) is 13.9. The predicted molar refractivity (Wildman–Crippen MR) is 66.0 cm³/mol. The zero-order chi connectivity index (χ0) is 12.8. The molecule has 96 valence electrons. The van der Waals surface area contributed by atoms with Crippen LogP contribution in [0, 0.1) is 0 Å². The molecule has 1 aromatic rings. The van der Waals surface area contributed by atoms with E-state index in [1.165, 1.54) is 0 Å². The molecule has 0 amide bonds. The highest BCUT2D eigenvalue weighted by Crippen LogP contribution is 2.14. The third-order valence-electron chi connectivity index (χ3n) is 2.49. The van der Waals surface area contributed by atoms with Gasteiger partial charge in [-0.3, -0.25) is 0 Å². The molecule has 1 rings (SSSR count). The molecule has 1 heterocycles. The van der Waals surface area contributed by atoms with Crippen LogP contribution in [0.5, 0.6) is 0 Å². The van der Waals surface area contributed by atoms with Gasteiger partial charge in [0.1, 0.15) is 5.82 Å². The van der Waals surface area contributed by atoms with Crippen LogP contribution in [0.4, 0.5) is 5.82 Å². The van der Waals surface area contributed by atoms with Crippen LogP contribution in [0.3, 0.4) is 0 Å². The van der Waals surface area contributed by atoms with Gasteiger partial charge in [-0.05, 0) is 18.6 Å². The van der Waals surface area contributed by atoms with E-state index in [9.17, 15) is 10.2 Å². The molecule has 5 nitrogen and oxygen atoms in total. The molecule has 0 spiro atoms. The van der Waals surface area contributed by atoms with E-state index in [-0.39, 0.29) is 0 Å². The van der Waals surface area contributed by atoms with Crippen molar-refractivity contribution >= 4 is 5.82 Å². The molecule has 0 aliphatic heterocycles. The van der Waals surface area contributed by atoms with Gasteiger partial charge in [0.15, 0.2) is 0 Å². The zero-order valence-electron chi connectivity index (χ0n) is 10.5. The highest BCUT2D eigenvalue weighted by Gasteiger charge is 2.10. The van der Waals surface area contributed by atoms with Crippen molar-refractivity contribution in [3.05, 3.63) is 23.9 Å². The average molecular weight is 240 g/mol. The van der Waals surface area contributed by atoms with Gasteiger partial charge < -0.3 is 19.8 Å². The third-order valence-corrected chi connectivity index (χ3v) is 2.49. The van der Waals surface area contributed by atoms with E-state index in [0.717, 1.165) is 11.4 Å². The smallest absolute Gasteiger partial charge is 0.128 e. The predicted octanol–water partition coefficient (Wildman–Crippen LogP) is 0.578. The van der Waals surface area contributed by atoms with Crippen molar-refractivity contribution in [3.63, 3.8) is 0 Å². The van der Waals surface area contributed by atoms with Gasteiger partial charge in [0.25, 0.3) is 0 Å². The summed E-state index contributed by atoms with van der Waals surface area (Å²) in [7, 11) is 3.40. The molecule has 0 saturated heterocycles. The van der Waals surface area contributed by atoms with E-state index in [2.05, 4.69) is 4.98 Å². The second-order valence-electron chi connectivity index (χ2n) is 4.12. The minimum absolute atomic E-state index is 0.302. The molecule has 0 fully saturated rings. The first-order valence-corrected chi connectivity index (χ1v) is 5.56. The molecule has 1 unspecified atom stereocenters. The van der Waals surface area contributed by atoms with Crippen molar-refractivity contribution in [3.8, 4) is 0 Å². The van der Waals surface area contributed by atoms with Crippen molar-refractivity contribution in [2.45, 2.75) is 19.1 Å². The van der Waals surface area contributed by atoms with Gasteiger partial charge in [-0.25, -0.2) is 4.98 Å². The Hall–Kier alpha value is -1.17. The normalized spacial score (nSPS) is 14.4. The molecule has 0 radical (unpaired) electrons. The number of hydrogen-bond acceptors (Lipinski definition) is 5. The number of rotatable bonds is 6. The number of pyridine rings is 1. The van der Waals surface area contributed by atoms with Crippen LogP contribution in [0.25, 0.3) is 0 Å². The Morgan fingerprint density at radius 3 is 2.59 bits per heavy atom. The number of aromatic nitrogens is 1. The van der Waals surface area contributed by atoms with Crippen LogP contribution in [-0.2, 0) is 4.74 Å². The lowest BCUT2D eigenvalue weighted by molar-refractivity contribution is 0.0694. The number of nitrogens with zero attached hydrogens (tertiary/aromatic N) is 2. The Kier molecular flexibility index (Phi) is 5.34. The Morgan fingerprint density at radius 1 is 1.41 bits per heavy atom. The fraction of sp³-hybridized carbons (Fsp3) is 0.583. The fourth-order valence-electron chi connectivity index (χ4n) is 1.53. The Balaban J connectivity index is 2.60. The number of methoxy groups -OCH3 is 1. The van der Waals surface area contributed by atoms with E-state index in [0.29, 0.717) is 13.2 Å². The molecular formula is C12H20N2O3. The first-order valence-electron chi connectivity index (χ1n) is 5.56. The van der Waals surface area contributed by atoms with Crippen LogP contribution in [0.15, 0.2) is 18.3 Å². The highest BCUT2D eigenvalue weighted by molar-refractivity contribution is 5.38. The van der Waals surface area contributed by atoms with Crippen LogP contribution in [0.1, 0.15) is 18.6 Å². The topological polar surface area (TPSA) is 65.8 Å². The number of aliphatic hydroxyl groups is 2. The summed E-state index contributed by atoms with van der Waals surface area (Å²) in [5.41, 5.74) is 0.777. The summed E-state index contributed by atoms with van der Waals surface area (Å²) in [5, 5.41) is 18.9. The summed E-state index contributed by atoms with van der Waals surface area (Å²) in [6, 6.07) is 3.65. The second-order valence-corrected chi connectivity index (χ2v) is 4.12. The summed E-state index contributed by atoms with van der Waals surface area (Å²) in [5.74, 6) is 0.754. The largest absolute Gasteiger partial charge is 0.389 e. The molecule has 0 aromatic carbocycles. The standard InChI is InChI=1S/C12H20N2O3/c1-9(15)10-4-5-12(13-6-10)14(2)7-11(16)8-17-3/h4-6,9,11,15-16H,7-8H2,1-3H3/t9-,11?/m0/s1. The van der Waals surface area contributed by atoms with Gasteiger partial charge in [0, 0.05) is 26.9 Å².